The third-order valence-electron chi connectivity index (χ3n) is 2.97. The summed E-state index contributed by atoms with van der Waals surface area (Å²) in [6.45, 7) is 1.65. The molecule has 0 aliphatic heterocycles. The Balaban J connectivity index is 2.53. The molecule has 18 heavy (non-hydrogen) atoms. The quantitative estimate of drug-likeness (QED) is 0.755. The molecule has 0 fully saturated rings. The fraction of sp³-hybridized carbons (Fsp3) is 0.333. The van der Waals surface area contributed by atoms with Crippen LogP contribution in [0.4, 0.5) is 0 Å². The molecule has 2 unspecified atom stereocenters. The van der Waals surface area contributed by atoms with Crippen LogP contribution in [-0.2, 0) is 9.84 Å². The second kappa shape index (κ2) is 5.12. The maximum atomic E-state index is 11.6. The van der Waals surface area contributed by atoms with Crippen LogP contribution in [0.3, 0.4) is 0 Å². The number of rotatable bonds is 3. The van der Waals surface area contributed by atoms with Crippen LogP contribution in [0.5, 0.6) is 0 Å². The Bertz CT molecular complexity index is 678. The van der Waals surface area contributed by atoms with Crippen molar-refractivity contribution in [3.8, 4) is 0 Å². The highest BCUT2D eigenvalue weighted by molar-refractivity contribution is 9.10. The van der Waals surface area contributed by atoms with Crippen LogP contribution in [0.15, 0.2) is 28.1 Å². The highest BCUT2D eigenvalue weighted by Gasteiger charge is 2.27. The van der Waals surface area contributed by atoms with Crippen molar-refractivity contribution in [2.24, 2.45) is 0 Å². The average molecular weight is 368 g/mol. The lowest BCUT2D eigenvalue weighted by Crippen LogP contribution is -2.20. The van der Waals surface area contributed by atoms with Gasteiger partial charge in [0.15, 0.2) is 9.84 Å². The highest BCUT2D eigenvalue weighted by atomic mass is 79.9. The lowest BCUT2D eigenvalue weighted by atomic mass is 10.1. The molecular weight excluding hydrogens is 356 g/mol. The van der Waals surface area contributed by atoms with Crippen LogP contribution < -0.4 is 0 Å². The first kappa shape index (κ1) is 14.3. The highest BCUT2D eigenvalue weighted by Crippen LogP contribution is 2.39. The first-order valence-corrected chi connectivity index (χ1v) is 9.37. The van der Waals surface area contributed by atoms with Crippen molar-refractivity contribution >= 4 is 58.8 Å². The van der Waals surface area contributed by atoms with Gasteiger partial charge in [0.05, 0.1) is 10.6 Å². The van der Waals surface area contributed by atoms with E-state index >= 15 is 0 Å². The van der Waals surface area contributed by atoms with Crippen LogP contribution in [0, 0.1) is 0 Å². The Morgan fingerprint density at radius 1 is 1.39 bits per heavy atom. The van der Waals surface area contributed by atoms with Crippen LogP contribution in [-0.4, -0.2) is 19.9 Å². The molecule has 0 bridgehead atoms. The van der Waals surface area contributed by atoms with E-state index in [0.29, 0.717) is 0 Å². The summed E-state index contributed by atoms with van der Waals surface area (Å²) in [5.74, 6) is 0. The molecule has 1 aromatic carbocycles. The van der Waals surface area contributed by atoms with Gasteiger partial charge >= 0.3 is 0 Å². The molecule has 0 N–H and O–H groups in total. The molecule has 2 rings (SSSR count). The van der Waals surface area contributed by atoms with Gasteiger partial charge in [0.25, 0.3) is 0 Å². The summed E-state index contributed by atoms with van der Waals surface area (Å²) in [6, 6.07) is 5.86. The predicted molar refractivity (Wildman–Crippen MR) is 82.4 cm³/mol. The zero-order chi connectivity index (χ0) is 13.5. The number of benzene rings is 1. The van der Waals surface area contributed by atoms with Crippen molar-refractivity contribution in [2.75, 3.05) is 6.26 Å². The fourth-order valence-corrected chi connectivity index (χ4v) is 4.78. The van der Waals surface area contributed by atoms with E-state index in [4.69, 9.17) is 11.6 Å². The maximum absolute atomic E-state index is 11.6. The minimum absolute atomic E-state index is 0.525. The van der Waals surface area contributed by atoms with E-state index in [1.165, 1.54) is 6.26 Å². The molecule has 0 radical (unpaired) electrons. The van der Waals surface area contributed by atoms with Gasteiger partial charge in [-0.05, 0) is 45.2 Å². The normalized spacial score (nSPS) is 15.8. The summed E-state index contributed by atoms with van der Waals surface area (Å²) in [5, 5.41) is 1.83. The molecule has 1 aromatic heterocycles. The summed E-state index contributed by atoms with van der Waals surface area (Å²) in [7, 11) is -3.15. The van der Waals surface area contributed by atoms with E-state index in [-0.39, 0.29) is 0 Å². The molecule has 0 aliphatic rings. The number of hydrogen-bond donors (Lipinski definition) is 0. The van der Waals surface area contributed by atoms with E-state index in [0.717, 1.165) is 20.1 Å². The van der Waals surface area contributed by atoms with Gasteiger partial charge < -0.3 is 0 Å². The number of fused-ring (bicyclic) bond motifs is 1. The van der Waals surface area contributed by atoms with E-state index in [1.54, 1.807) is 18.3 Å². The molecule has 1 heterocycles. The average Bonchev–Trinajstić information content (AvgIpc) is 2.71. The van der Waals surface area contributed by atoms with Crippen LogP contribution in [0.25, 0.3) is 10.1 Å². The molecule has 2 atom stereocenters. The van der Waals surface area contributed by atoms with Gasteiger partial charge in [-0.3, -0.25) is 0 Å². The van der Waals surface area contributed by atoms with Crippen molar-refractivity contribution in [2.45, 2.75) is 17.6 Å². The Kier molecular flexibility index (Phi) is 4.07. The van der Waals surface area contributed by atoms with Gasteiger partial charge in [-0.1, -0.05) is 12.1 Å². The zero-order valence-corrected chi connectivity index (χ0v) is 13.8. The number of alkyl halides is 1. The Morgan fingerprint density at radius 2 is 2.06 bits per heavy atom. The van der Waals surface area contributed by atoms with Crippen molar-refractivity contribution in [3.63, 3.8) is 0 Å². The van der Waals surface area contributed by atoms with E-state index < -0.39 is 20.5 Å². The van der Waals surface area contributed by atoms with Gasteiger partial charge in [0.2, 0.25) is 0 Å². The van der Waals surface area contributed by atoms with Crippen LogP contribution >= 0.6 is 38.9 Å². The van der Waals surface area contributed by atoms with Crippen molar-refractivity contribution in [3.05, 3.63) is 33.6 Å². The molecule has 6 heteroatoms. The monoisotopic (exact) mass is 366 g/mol. The van der Waals surface area contributed by atoms with E-state index in [1.807, 2.05) is 23.6 Å². The summed E-state index contributed by atoms with van der Waals surface area (Å²) in [5.41, 5.74) is 0.885. The van der Waals surface area contributed by atoms with Gasteiger partial charge in [-0.25, -0.2) is 8.42 Å². The Morgan fingerprint density at radius 3 is 2.67 bits per heavy atom. The molecule has 0 aliphatic carbocycles. The molecule has 0 amide bonds. The van der Waals surface area contributed by atoms with Crippen molar-refractivity contribution < 1.29 is 8.42 Å². The minimum atomic E-state index is -3.15. The molecular formula is C12H12BrClO2S2. The number of sulfone groups is 1. The van der Waals surface area contributed by atoms with Gasteiger partial charge in [-0.15, -0.1) is 22.9 Å². The summed E-state index contributed by atoms with van der Waals surface area (Å²) in [6.07, 6.45) is 1.22. The number of halogens is 2. The van der Waals surface area contributed by atoms with E-state index in [9.17, 15) is 8.42 Å². The summed E-state index contributed by atoms with van der Waals surface area (Å²) in [4.78, 5) is 0. The SMILES string of the molecule is CC(C(Cl)c1csc2c(Br)cccc12)S(C)(=O)=O. The lowest BCUT2D eigenvalue weighted by Gasteiger charge is -2.15. The topological polar surface area (TPSA) is 34.1 Å². The molecule has 2 aromatic rings. The first-order chi connectivity index (χ1) is 8.32. The van der Waals surface area contributed by atoms with Gasteiger partial charge in [0.1, 0.15) is 0 Å². The van der Waals surface area contributed by atoms with E-state index in [2.05, 4.69) is 15.9 Å². The predicted octanol–water partition coefficient (Wildman–Crippen LogP) is 4.38. The zero-order valence-electron chi connectivity index (χ0n) is 9.85. The summed E-state index contributed by atoms with van der Waals surface area (Å²) < 4.78 is 25.3. The van der Waals surface area contributed by atoms with Crippen LogP contribution in [0.2, 0.25) is 0 Å². The fourth-order valence-electron chi connectivity index (χ4n) is 1.73. The lowest BCUT2D eigenvalue weighted by molar-refractivity contribution is 0.587. The first-order valence-electron chi connectivity index (χ1n) is 5.31. The van der Waals surface area contributed by atoms with Crippen LogP contribution in [0.1, 0.15) is 17.9 Å². The van der Waals surface area contributed by atoms with Crippen molar-refractivity contribution in [1.82, 2.24) is 0 Å². The molecule has 0 saturated heterocycles. The second-order valence-electron chi connectivity index (χ2n) is 4.24. The maximum Gasteiger partial charge on any atom is 0.151 e. The Hall–Kier alpha value is -0.100. The third kappa shape index (κ3) is 2.59. The molecule has 0 saturated carbocycles. The summed E-state index contributed by atoms with van der Waals surface area (Å²) >= 11 is 11.4. The third-order valence-corrected chi connectivity index (χ3v) is 7.32. The minimum Gasteiger partial charge on any atom is -0.229 e. The molecule has 98 valence electrons. The number of hydrogen-bond acceptors (Lipinski definition) is 3. The second-order valence-corrected chi connectivity index (χ2v) is 8.85. The smallest absolute Gasteiger partial charge is 0.151 e. The molecule has 0 spiro atoms. The van der Waals surface area contributed by atoms with Gasteiger partial charge in [0, 0.05) is 15.4 Å². The number of thiophene rings is 1. The largest absolute Gasteiger partial charge is 0.229 e. The van der Waals surface area contributed by atoms with Gasteiger partial charge in [-0.2, -0.15) is 0 Å². The standard InChI is InChI=1S/C12H12BrClO2S2/c1-7(18(2,15)16)11(14)9-6-17-12-8(9)4-3-5-10(12)13/h3-7,11H,1-2H3. The van der Waals surface area contributed by atoms with Crippen molar-refractivity contribution in [1.29, 1.82) is 0 Å². The Labute approximate surface area is 124 Å². The molecule has 2 nitrogen and oxygen atoms in total.